The Morgan fingerprint density at radius 2 is 1.93 bits per heavy atom. The standard InChI is InChI=1S/C19H28N4O5/c1-3-23-9-10-28-11-16(23)18(25)22-13-6-4-5-12(13)21-17(24)14-7-8-15(20-14)19(26)27-2/h7-8,12-13,16,20H,3-6,9-11H2,1-2H3,(H,21,24)(H,22,25)/t12-,13+,16?/m1/s1. The fraction of sp³-hybridized carbons (Fsp3) is 0.632. The molecule has 0 radical (unpaired) electrons. The second-order valence-corrected chi connectivity index (χ2v) is 7.12. The van der Waals surface area contributed by atoms with Crippen LogP contribution in [0.3, 0.4) is 0 Å². The summed E-state index contributed by atoms with van der Waals surface area (Å²) in [6, 6.07) is 2.49. The van der Waals surface area contributed by atoms with E-state index in [4.69, 9.17) is 4.74 Å². The molecule has 1 aliphatic carbocycles. The molecule has 0 spiro atoms. The second kappa shape index (κ2) is 9.20. The van der Waals surface area contributed by atoms with Gasteiger partial charge < -0.3 is 25.1 Å². The van der Waals surface area contributed by atoms with E-state index in [0.717, 1.165) is 32.4 Å². The Hall–Kier alpha value is -2.39. The van der Waals surface area contributed by atoms with Crippen LogP contribution < -0.4 is 10.6 Å². The van der Waals surface area contributed by atoms with Gasteiger partial charge in [0.15, 0.2) is 0 Å². The number of H-pyrrole nitrogens is 1. The number of aromatic amines is 1. The summed E-state index contributed by atoms with van der Waals surface area (Å²) in [5.41, 5.74) is 0.510. The Morgan fingerprint density at radius 1 is 1.21 bits per heavy atom. The van der Waals surface area contributed by atoms with Gasteiger partial charge in [-0.3, -0.25) is 14.5 Å². The molecular weight excluding hydrogens is 364 g/mol. The zero-order chi connectivity index (χ0) is 20.1. The van der Waals surface area contributed by atoms with Gasteiger partial charge in [-0.15, -0.1) is 0 Å². The maximum Gasteiger partial charge on any atom is 0.354 e. The van der Waals surface area contributed by atoms with Gasteiger partial charge >= 0.3 is 5.97 Å². The van der Waals surface area contributed by atoms with Crippen molar-refractivity contribution in [1.82, 2.24) is 20.5 Å². The molecule has 154 valence electrons. The minimum absolute atomic E-state index is 0.0550. The number of carbonyl (C=O) groups excluding carboxylic acids is 3. The molecule has 2 fully saturated rings. The number of nitrogens with zero attached hydrogens (tertiary/aromatic N) is 1. The zero-order valence-electron chi connectivity index (χ0n) is 16.3. The van der Waals surface area contributed by atoms with Crippen molar-refractivity contribution in [2.24, 2.45) is 0 Å². The Balaban J connectivity index is 1.58. The largest absolute Gasteiger partial charge is 0.464 e. The average Bonchev–Trinajstić information content (AvgIpc) is 3.37. The van der Waals surface area contributed by atoms with E-state index in [0.29, 0.717) is 13.2 Å². The van der Waals surface area contributed by atoms with E-state index >= 15 is 0 Å². The van der Waals surface area contributed by atoms with Crippen molar-refractivity contribution in [3.05, 3.63) is 23.5 Å². The molecule has 1 aliphatic heterocycles. The van der Waals surface area contributed by atoms with Gasteiger partial charge in [-0.05, 0) is 37.9 Å². The summed E-state index contributed by atoms with van der Waals surface area (Å²) in [7, 11) is 1.28. The van der Waals surface area contributed by atoms with Gasteiger partial charge in [0, 0.05) is 18.6 Å². The van der Waals surface area contributed by atoms with Crippen LogP contribution in [0.5, 0.6) is 0 Å². The fourth-order valence-corrected chi connectivity index (χ4v) is 3.85. The first kappa shape index (κ1) is 20.3. The molecular formula is C19H28N4O5. The monoisotopic (exact) mass is 392 g/mol. The number of esters is 1. The Morgan fingerprint density at radius 3 is 2.64 bits per heavy atom. The van der Waals surface area contributed by atoms with Crippen LogP contribution >= 0.6 is 0 Å². The number of rotatable bonds is 6. The summed E-state index contributed by atoms with van der Waals surface area (Å²) >= 11 is 0. The summed E-state index contributed by atoms with van der Waals surface area (Å²) < 4.78 is 10.1. The van der Waals surface area contributed by atoms with Crippen LogP contribution in [0.15, 0.2) is 12.1 Å². The number of nitrogens with one attached hydrogen (secondary N) is 3. The van der Waals surface area contributed by atoms with E-state index in [1.54, 1.807) is 6.07 Å². The van der Waals surface area contributed by atoms with Crippen molar-refractivity contribution in [1.29, 1.82) is 0 Å². The van der Waals surface area contributed by atoms with Crippen LogP contribution in [0.2, 0.25) is 0 Å². The van der Waals surface area contributed by atoms with Crippen LogP contribution in [-0.4, -0.2) is 79.2 Å². The lowest BCUT2D eigenvalue weighted by molar-refractivity contribution is -0.133. The number of hydrogen-bond donors (Lipinski definition) is 3. The Labute approximate surface area is 164 Å². The lowest BCUT2D eigenvalue weighted by atomic mass is 10.1. The van der Waals surface area contributed by atoms with Crippen molar-refractivity contribution in [3.8, 4) is 0 Å². The smallest absolute Gasteiger partial charge is 0.354 e. The Kier molecular flexibility index (Phi) is 6.69. The number of amides is 2. The van der Waals surface area contributed by atoms with Gasteiger partial charge in [0.2, 0.25) is 5.91 Å². The van der Waals surface area contributed by atoms with E-state index in [2.05, 4.69) is 25.3 Å². The maximum atomic E-state index is 12.7. The lowest BCUT2D eigenvalue weighted by Crippen LogP contribution is -2.57. The topological polar surface area (TPSA) is 113 Å². The molecule has 3 rings (SSSR count). The first-order valence-electron chi connectivity index (χ1n) is 9.73. The molecule has 3 atom stereocenters. The molecule has 9 nitrogen and oxygen atoms in total. The van der Waals surface area contributed by atoms with E-state index in [-0.39, 0.29) is 41.3 Å². The highest BCUT2D eigenvalue weighted by Gasteiger charge is 2.34. The fourth-order valence-electron chi connectivity index (χ4n) is 3.85. The minimum Gasteiger partial charge on any atom is -0.464 e. The molecule has 28 heavy (non-hydrogen) atoms. The van der Waals surface area contributed by atoms with Gasteiger partial charge in [-0.1, -0.05) is 6.92 Å². The van der Waals surface area contributed by atoms with Gasteiger partial charge in [-0.25, -0.2) is 4.79 Å². The normalized spacial score (nSPS) is 25.3. The van der Waals surface area contributed by atoms with Crippen molar-refractivity contribution < 1.29 is 23.9 Å². The second-order valence-electron chi connectivity index (χ2n) is 7.12. The van der Waals surface area contributed by atoms with Gasteiger partial charge in [0.1, 0.15) is 17.4 Å². The molecule has 0 aromatic carbocycles. The van der Waals surface area contributed by atoms with Gasteiger partial charge in [0.05, 0.1) is 20.3 Å². The molecule has 2 aliphatic rings. The maximum absolute atomic E-state index is 12.7. The number of methoxy groups -OCH3 is 1. The molecule has 2 heterocycles. The molecule has 1 unspecified atom stereocenters. The number of aromatic nitrogens is 1. The number of ether oxygens (including phenoxy) is 2. The molecule has 2 amide bonds. The SMILES string of the molecule is CCN1CCOCC1C(=O)N[C@H]1CCC[C@H]1NC(=O)c1ccc(C(=O)OC)[nH]1. The van der Waals surface area contributed by atoms with Crippen molar-refractivity contribution in [2.45, 2.75) is 44.3 Å². The zero-order valence-corrected chi connectivity index (χ0v) is 16.3. The average molecular weight is 392 g/mol. The van der Waals surface area contributed by atoms with Crippen molar-refractivity contribution in [3.63, 3.8) is 0 Å². The predicted octanol–water partition coefficient (Wildman–Crippen LogP) is 0.289. The van der Waals surface area contributed by atoms with Gasteiger partial charge in [-0.2, -0.15) is 0 Å². The van der Waals surface area contributed by atoms with E-state index in [9.17, 15) is 14.4 Å². The van der Waals surface area contributed by atoms with E-state index < -0.39 is 5.97 Å². The number of carbonyl (C=O) groups is 3. The molecule has 0 bridgehead atoms. The predicted molar refractivity (Wildman–Crippen MR) is 101 cm³/mol. The quantitative estimate of drug-likeness (QED) is 0.600. The summed E-state index contributed by atoms with van der Waals surface area (Å²) in [4.78, 5) is 41.6. The number of likely N-dealkylation sites (N-methyl/N-ethyl adjacent to an activating group) is 1. The third-order valence-electron chi connectivity index (χ3n) is 5.44. The van der Waals surface area contributed by atoms with Crippen LogP contribution in [-0.2, 0) is 14.3 Å². The summed E-state index contributed by atoms with van der Waals surface area (Å²) in [5.74, 6) is -0.890. The first-order valence-corrected chi connectivity index (χ1v) is 9.73. The van der Waals surface area contributed by atoms with Crippen LogP contribution in [0.25, 0.3) is 0 Å². The summed E-state index contributed by atoms with van der Waals surface area (Å²) in [5, 5.41) is 6.06. The molecule has 9 heteroatoms. The van der Waals surface area contributed by atoms with E-state index in [1.807, 2.05) is 6.92 Å². The van der Waals surface area contributed by atoms with Crippen LogP contribution in [0.1, 0.15) is 47.2 Å². The lowest BCUT2D eigenvalue weighted by Gasteiger charge is -2.34. The highest BCUT2D eigenvalue weighted by atomic mass is 16.5. The van der Waals surface area contributed by atoms with Crippen molar-refractivity contribution in [2.75, 3.05) is 33.4 Å². The van der Waals surface area contributed by atoms with Crippen LogP contribution in [0.4, 0.5) is 0 Å². The molecule has 1 aromatic heterocycles. The first-order chi connectivity index (χ1) is 13.5. The summed E-state index contributed by atoms with van der Waals surface area (Å²) in [6.07, 6.45) is 2.53. The highest BCUT2D eigenvalue weighted by Crippen LogP contribution is 2.20. The third-order valence-corrected chi connectivity index (χ3v) is 5.44. The Bertz CT molecular complexity index is 719. The highest BCUT2D eigenvalue weighted by molar-refractivity contribution is 5.95. The van der Waals surface area contributed by atoms with Crippen molar-refractivity contribution >= 4 is 17.8 Å². The minimum atomic E-state index is -0.528. The summed E-state index contributed by atoms with van der Waals surface area (Å²) in [6.45, 7) is 4.60. The van der Waals surface area contributed by atoms with E-state index in [1.165, 1.54) is 13.2 Å². The molecule has 1 saturated heterocycles. The van der Waals surface area contributed by atoms with Crippen LogP contribution in [0, 0.1) is 0 Å². The molecule has 1 aromatic rings. The number of morpholine rings is 1. The number of hydrogen-bond acceptors (Lipinski definition) is 6. The molecule has 3 N–H and O–H groups in total. The molecule has 1 saturated carbocycles. The van der Waals surface area contributed by atoms with Gasteiger partial charge in [0.25, 0.3) is 5.91 Å². The third kappa shape index (κ3) is 4.53.